The Morgan fingerprint density at radius 2 is 1.95 bits per heavy atom. The highest BCUT2D eigenvalue weighted by Crippen LogP contribution is 2.31. The third-order valence-electron chi connectivity index (χ3n) is 2.46. The van der Waals surface area contributed by atoms with Crippen LogP contribution in [-0.2, 0) is 4.74 Å². The molecule has 20 heavy (non-hydrogen) atoms. The van der Waals surface area contributed by atoms with Gasteiger partial charge in [0.15, 0.2) is 5.69 Å². The van der Waals surface area contributed by atoms with E-state index in [0.29, 0.717) is 11.3 Å². The summed E-state index contributed by atoms with van der Waals surface area (Å²) in [5, 5.41) is 0.412. The van der Waals surface area contributed by atoms with Crippen molar-refractivity contribution in [2.45, 2.75) is 0 Å². The topological polar surface area (TPSA) is 78.1 Å². The number of nitrogens with two attached hydrogens (primary N) is 1. The molecule has 2 aromatic rings. The van der Waals surface area contributed by atoms with Crippen LogP contribution >= 0.6 is 34.8 Å². The SMILES string of the molecule is COC(=O)c1nc(-c2ccc(Cl)nc2Cl)cc(N)c1Cl. The lowest BCUT2D eigenvalue weighted by molar-refractivity contribution is 0.0594. The Morgan fingerprint density at radius 3 is 2.55 bits per heavy atom. The molecule has 0 aliphatic rings. The molecule has 0 spiro atoms. The summed E-state index contributed by atoms with van der Waals surface area (Å²) in [6.45, 7) is 0. The zero-order valence-corrected chi connectivity index (χ0v) is 12.4. The number of rotatable bonds is 2. The zero-order chi connectivity index (χ0) is 14.9. The Morgan fingerprint density at radius 1 is 1.25 bits per heavy atom. The maximum absolute atomic E-state index is 11.6. The molecule has 5 nitrogen and oxygen atoms in total. The monoisotopic (exact) mass is 331 g/mol. The molecule has 0 fully saturated rings. The van der Waals surface area contributed by atoms with Crippen LogP contribution in [0.25, 0.3) is 11.3 Å². The van der Waals surface area contributed by atoms with E-state index in [-0.39, 0.29) is 26.7 Å². The molecule has 0 aromatic carbocycles. The lowest BCUT2D eigenvalue weighted by atomic mass is 10.1. The van der Waals surface area contributed by atoms with Crippen molar-refractivity contribution in [3.05, 3.63) is 39.2 Å². The van der Waals surface area contributed by atoms with Crippen LogP contribution in [0.5, 0.6) is 0 Å². The number of nitrogen functional groups attached to an aromatic ring is 1. The van der Waals surface area contributed by atoms with Crippen molar-refractivity contribution < 1.29 is 9.53 Å². The van der Waals surface area contributed by atoms with Gasteiger partial charge in [-0.3, -0.25) is 0 Å². The van der Waals surface area contributed by atoms with Crippen LogP contribution in [0.4, 0.5) is 5.69 Å². The molecule has 0 amide bonds. The van der Waals surface area contributed by atoms with E-state index in [1.807, 2.05) is 0 Å². The second-order valence-electron chi connectivity index (χ2n) is 3.72. The number of halogens is 3. The summed E-state index contributed by atoms with van der Waals surface area (Å²) in [4.78, 5) is 19.6. The van der Waals surface area contributed by atoms with Gasteiger partial charge in [-0.05, 0) is 18.2 Å². The molecule has 2 N–H and O–H groups in total. The number of anilines is 1. The highest BCUT2D eigenvalue weighted by atomic mass is 35.5. The van der Waals surface area contributed by atoms with Gasteiger partial charge in [0, 0.05) is 5.56 Å². The normalized spacial score (nSPS) is 10.4. The summed E-state index contributed by atoms with van der Waals surface area (Å²) in [6.07, 6.45) is 0. The van der Waals surface area contributed by atoms with Crippen LogP contribution in [-0.4, -0.2) is 23.0 Å². The first-order chi connectivity index (χ1) is 9.43. The predicted molar refractivity (Wildman–Crippen MR) is 78.2 cm³/mol. The standard InChI is InChI=1S/C12H8Cl3N3O2/c1-20-12(19)10-9(14)6(16)4-7(17-10)5-2-3-8(13)18-11(5)15/h2-4H,1H3,(H2,16,17). The van der Waals surface area contributed by atoms with E-state index in [4.69, 9.17) is 40.5 Å². The number of pyridine rings is 2. The maximum Gasteiger partial charge on any atom is 0.358 e. The van der Waals surface area contributed by atoms with Gasteiger partial charge in [0.25, 0.3) is 0 Å². The Hall–Kier alpha value is -1.56. The quantitative estimate of drug-likeness (QED) is 0.673. The summed E-state index contributed by atoms with van der Waals surface area (Å²) in [7, 11) is 1.22. The first-order valence-electron chi connectivity index (χ1n) is 5.30. The fourth-order valence-electron chi connectivity index (χ4n) is 1.52. The lowest BCUT2D eigenvalue weighted by Crippen LogP contribution is -2.08. The van der Waals surface area contributed by atoms with Gasteiger partial charge in [0.2, 0.25) is 0 Å². The largest absolute Gasteiger partial charge is 0.464 e. The number of esters is 1. The molecule has 0 saturated carbocycles. The maximum atomic E-state index is 11.6. The van der Waals surface area contributed by atoms with Gasteiger partial charge < -0.3 is 10.5 Å². The summed E-state index contributed by atoms with van der Waals surface area (Å²) in [5.41, 5.74) is 6.68. The van der Waals surface area contributed by atoms with Crippen LogP contribution < -0.4 is 5.73 Å². The summed E-state index contributed by atoms with van der Waals surface area (Å²) in [6, 6.07) is 4.66. The summed E-state index contributed by atoms with van der Waals surface area (Å²) < 4.78 is 4.60. The molecular weight excluding hydrogens is 325 g/mol. The van der Waals surface area contributed by atoms with Crippen LogP contribution in [0.1, 0.15) is 10.5 Å². The van der Waals surface area contributed by atoms with E-state index in [0.717, 1.165) is 0 Å². The minimum Gasteiger partial charge on any atom is -0.464 e. The fraction of sp³-hybridized carbons (Fsp3) is 0.0833. The minimum absolute atomic E-state index is 0.0265. The first kappa shape index (κ1) is 14.8. The first-order valence-corrected chi connectivity index (χ1v) is 6.44. The van der Waals surface area contributed by atoms with Gasteiger partial charge in [-0.1, -0.05) is 34.8 Å². The molecule has 0 unspecified atom stereocenters. The molecule has 2 aromatic heterocycles. The van der Waals surface area contributed by atoms with E-state index in [2.05, 4.69) is 14.7 Å². The predicted octanol–water partition coefficient (Wildman–Crippen LogP) is 3.47. The van der Waals surface area contributed by atoms with Gasteiger partial charge in [0.05, 0.1) is 23.5 Å². The second kappa shape index (κ2) is 5.83. The zero-order valence-electron chi connectivity index (χ0n) is 10.2. The van der Waals surface area contributed by atoms with Crippen molar-refractivity contribution >= 4 is 46.5 Å². The van der Waals surface area contributed by atoms with E-state index in [9.17, 15) is 4.79 Å². The van der Waals surface area contributed by atoms with Crippen molar-refractivity contribution in [3.8, 4) is 11.3 Å². The molecule has 0 aliphatic carbocycles. The average Bonchev–Trinajstić information content (AvgIpc) is 2.41. The average molecular weight is 333 g/mol. The molecule has 0 aliphatic heterocycles. The van der Waals surface area contributed by atoms with E-state index >= 15 is 0 Å². The van der Waals surface area contributed by atoms with Gasteiger partial charge in [-0.2, -0.15) is 0 Å². The highest BCUT2D eigenvalue weighted by Gasteiger charge is 2.18. The number of hydrogen-bond acceptors (Lipinski definition) is 5. The Kier molecular flexibility index (Phi) is 4.32. The molecular formula is C12H8Cl3N3O2. The van der Waals surface area contributed by atoms with Gasteiger partial charge in [-0.25, -0.2) is 14.8 Å². The second-order valence-corrected chi connectivity index (χ2v) is 4.85. The van der Waals surface area contributed by atoms with Gasteiger partial charge in [-0.15, -0.1) is 0 Å². The smallest absolute Gasteiger partial charge is 0.358 e. The number of carbonyl (C=O) groups is 1. The molecule has 0 radical (unpaired) electrons. The molecule has 0 atom stereocenters. The Balaban J connectivity index is 2.63. The van der Waals surface area contributed by atoms with E-state index in [1.165, 1.54) is 13.2 Å². The molecule has 2 heterocycles. The summed E-state index contributed by atoms with van der Waals surface area (Å²) >= 11 is 17.7. The van der Waals surface area contributed by atoms with Crippen molar-refractivity contribution in [3.63, 3.8) is 0 Å². The third-order valence-corrected chi connectivity index (χ3v) is 3.35. The Bertz CT molecular complexity index is 692. The van der Waals surface area contributed by atoms with Gasteiger partial charge in [0.1, 0.15) is 10.3 Å². The van der Waals surface area contributed by atoms with Crippen molar-refractivity contribution in [2.75, 3.05) is 12.8 Å². The lowest BCUT2D eigenvalue weighted by Gasteiger charge is -2.09. The van der Waals surface area contributed by atoms with Gasteiger partial charge >= 0.3 is 5.97 Å². The molecule has 2 rings (SSSR count). The van der Waals surface area contributed by atoms with Crippen molar-refractivity contribution in [1.82, 2.24) is 9.97 Å². The van der Waals surface area contributed by atoms with Crippen LogP contribution in [0, 0.1) is 0 Å². The fourth-order valence-corrected chi connectivity index (χ4v) is 2.14. The number of ether oxygens (including phenoxy) is 1. The number of aromatic nitrogens is 2. The van der Waals surface area contributed by atoms with Crippen molar-refractivity contribution in [1.29, 1.82) is 0 Å². The van der Waals surface area contributed by atoms with Crippen LogP contribution in [0.15, 0.2) is 18.2 Å². The van der Waals surface area contributed by atoms with Crippen molar-refractivity contribution in [2.24, 2.45) is 0 Å². The van der Waals surface area contributed by atoms with E-state index in [1.54, 1.807) is 12.1 Å². The third kappa shape index (κ3) is 2.80. The molecule has 0 saturated heterocycles. The molecule has 0 bridgehead atoms. The number of nitrogens with zero attached hydrogens (tertiary/aromatic N) is 2. The van der Waals surface area contributed by atoms with Crippen LogP contribution in [0.2, 0.25) is 15.3 Å². The highest BCUT2D eigenvalue weighted by molar-refractivity contribution is 6.36. The minimum atomic E-state index is -0.693. The number of hydrogen-bond donors (Lipinski definition) is 1. The molecule has 8 heteroatoms. The van der Waals surface area contributed by atoms with Crippen LogP contribution in [0.3, 0.4) is 0 Å². The number of carbonyl (C=O) groups excluding carboxylic acids is 1. The Labute approximate surface area is 129 Å². The van der Waals surface area contributed by atoms with E-state index < -0.39 is 5.97 Å². The summed E-state index contributed by atoms with van der Waals surface area (Å²) in [5.74, 6) is -0.693. The number of methoxy groups -OCH3 is 1. The molecule has 104 valence electrons.